The smallest absolute Gasteiger partial charge is 0.298 e. The van der Waals surface area contributed by atoms with Crippen LogP contribution in [0.15, 0.2) is 12.1 Å². The van der Waals surface area contributed by atoms with E-state index in [4.69, 9.17) is 10.5 Å². The Morgan fingerprint density at radius 1 is 1.29 bits per heavy atom. The van der Waals surface area contributed by atoms with Crippen LogP contribution in [0.5, 0.6) is 0 Å². The van der Waals surface area contributed by atoms with Crippen LogP contribution in [0.1, 0.15) is 27.0 Å². The Kier molecular flexibility index (Phi) is 3.49. The molecule has 0 aliphatic rings. The molecule has 6 heteroatoms. The lowest BCUT2D eigenvalue weighted by Crippen LogP contribution is -2.13. The van der Waals surface area contributed by atoms with Crippen LogP contribution in [0.4, 0.5) is 13.2 Å². The number of hydrogen-bond acceptors (Lipinski definition) is 3. The van der Waals surface area contributed by atoms with Crippen LogP contribution in [0.2, 0.25) is 0 Å². The van der Waals surface area contributed by atoms with Gasteiger partial charge in [0.2, 0.25) is 0 Å². The number of nitrogens with zero attached hydrogens (tertiary/aromatic N) is 2. The molecule has 0 aliphatic heterocycles. The zero-order valence-corrected chi connectivity index (χ0v) is 8.38. The van der Waals surface area contributed by atoms with E-state index in [2.05, 4.69) is 0 Å². The van der Waals surface area contributed by atoms with Crippen molar-refractivity contribution < 1.29 is 18.0 Å². The topological polar surface area (TPSA) is 64.7 Å². The molecule has 0 atom stereocenters. The quantitative estimate of drug-likeness (QED) is 0.743. The number of hydrogen-bond donors (Lipinski definition) is 0. The molecular weight excluding hydrogens is 233 g/mol. The molecule has 17 heavy (non-hydrogen) atoms. The highest BCUT2D eigenvalue weighted by molar-refractivity contribution is 5.79. The maximum Gasteiger partial charge on any atom is 0.418 e. The zero-order chi connectivity index (χ0) is 13.1. The maximum atomic E-state index is 12.8. The fourth-order valence-corrected chi connectivity index (χ4v) is 1.46. The Hall–Kier alpha value is -2.34. The second-order valence-corrected chi connectivity index (χ2v) is 3.12. The molecule has 0 radical (unpaired) electrons. The summed E-state index contributed by atoms with van der Waals surface area (Å²) < 4.78 is 38.3. The molecule has 0 N–H and O–H groups in total. The number of carbonyl (C=O) groups is 1. The standard InChI is InChI=1S/C11H5F3N2O/c12-11(13,14)10-7(5-16)1-2-8(6-17)9(10)3-4-15/h1-2,6H,3H2. The summed E-state index contributed by atoms with van der Waals surface area (Å²) in [5.74, 6) is 0. The van der Waals surface area contributed by atoms with E-state index >= 15 is 0 Å². The van der Waals surface area contributed by atoms with Crippen molar-refractivity contribution in [1.29, 1.82) is 10.5 Å². The third-order valence-corrected chi connectivity index (χ3v) is 2.14. The van der Waals surface area contributed by atoms with Gasteiger partial charge in [-0.2, -0.15) is 23.7 Å². The van der Waals surface area contributed by atoms with Crippen LogP contribution in [0.25, 0.3) is 0 Å². The van der Waals surface area contributed by atoms with E-state index in [9.17, 15) is 18.0 Å². The van der Waals surface area contributed by atoms with Crippen molar-refractivity contribution in [2.24, 2.45) is 0 Å². The largest absolute Gasteiger partial charge is 0.418 e. The van der Waals surface area contributed by atoms with Gasteiger partial charge < -0.3 is 0 Å². The van der Waals surface area contributed by atoms with E-state index in [1.807, 2.05) is 0 Å². The summed E-state index contributed by atoms with van der Waals surface area (Å²) in [4.78, 5) is 10.6. The zero-order valence-electron chi connectivity index (χ0n) is 8.38. The summed E-state index contributed by atoms with van der Waals surface area (Å²) in [7, 11) is 0. The molecule has 1 aromatic carbocycles. The lowest BCUT2D eigenvalue weighted by molar-refractivity contribution is -0.138. The average Bonchev–Trinajstić information content (AvgIpc) is 2.27. The van der Waals surface area contributed by atoms with Crippen molar-refractivity contribution in [2.45, 2.75) is 12.6 Å². The first-order valence-corrected chi connectivity index (χ1v) is 4.41. The Morgan fingerprint density at radius 3 is 2.35 bits per heavy atom. The van der Waals surface area contributed by atoms with Gasteiger partial charge in [0.05, 0.1) is 29.7 Å². The van der Waals surface area contributed by atoms with Crippen molar-refractivity contribution >= 4 is 6.29 Å². The Labute approximate surface area is 94.7 Å². The van der Waals surface area contributed by atoms with E-state index in [1.165, 1.54) is 6.07 Å². The number of alkyl halides is 3. The van der Waals surface area contributed by atoms with Crippen LogP contribution in [-0.4, -0.2) is 6.29 Å². The minimum atomic E-state index is -4.77. The highest BCUT2D eigenvalue weighted by Gasteiger charge is 2.37. The second-order valence-electron chi connectivity index (χ2n) is 3.12. The van der Waals surface area contributed by atoms with E-state index < -0.39 is 29.3 Å². The summed E-state index contributed by atoms with van der Waals surface area (Å²) >= 11 is 0. The minimum absolute atomic E-state index is 0.224. The van der Waals surface area contributed by atoms with Crippen LogP contribution in [0.3, 0.4) is 0 Å². The van der Waals surface area contributed by atoms with E-state index in [0.29, 0.717) is 0 Å². The molecule has 1 aromatic rings. The molecule has 3 nitrogen and oxygen atoms in total. The maximum absolute atomic E-state index is 12.8. The van der Waals surface area contributed by atoms with E-state index in [1.54, 1.807) is 6.07 Å². The fraction of sp³-hybridized carbons (Fsp3) is 0.182. The van der Waals surface area contributed by atoms with Gasteiger partial charge in [0.25, 0.3) is 0 Å². The van der Waals surface area contributed by atoms with Gasteiger partial charge in [-0.3, -0.25) is 4.79 Å². The minimum Gasteiger partial charge on any atom is -0.298 e. The molecule has 0 unspecified atom stereocenters. The first-order valence-electron chi connectivity index (χ1n) is 4.41. The van der Waals surface area contributed by atoms with Gasteiger partial charge in [-0.05, 0) is 11.6 Å². The van der Waals surface area contributed by atoms with Crippen LogP contribution in [-0.2, 0) is 12.6 Å². The molecule has 0 saturated carbocycles. The van der Waals surface area contributed by atoms with E-state index in [-0.39, 0.29) is 11.8 Å². The summed E-state index contributed by atoms with van der Waals surface area (Å²) in [6.45, 7) is 0. The first-order chi connectivity index (χ1) is 7.95. The van der Waals surface area contributed by atoms with E-state index in [0.717, 1.165) is 12.1 Å². The number of nitriles is 2. The molecule has 0 aromatic heterocycles. The Balaban J connectivity index is 3.67. The lowest BCUT2D eigenvalue weighted by Gasteiger charge is -2.14. The van der Waals surface area contributed by atoms with Gasteiger partial charge in [0, 0.05) is 5.56 Å². The second kappa shape index (κ2) is 4.67. The van der Waals surface area contributed by atoms with Crippen LogP contribution in [0, 0.1) is 22.7 Å². The average molecular weight is 238 g/mol. The van der Waals surface area contributed by atoms with Crippen molar-refractivity contribution in [3.63, 3.8) is 0 Å². The Morgan fingerprint density at radius 2 is 1.94 bits per heavy atom. The molecule has 0 heterocycles. The van der Waals surface area contributed by atoms with Crippen molar-refractivity contribution in [1.82, 2.24) is 0 Å². The highest BCUT2D eigenvalue weighted by atomic mass is 19.4. The monoisotopic (exact) mass is 238 g/mol. The van der Waals surface area contributed by atoms with Gasteiger partial charge in [0.15, 0.2) is 0 Å². The van der Waals surface area contributed by atoms with Crippen molar-refractivity contribution in [3.05, 3.63) is 34.4 Å². The summed E-state index contributed by atoms with van der Waals surface area (Å²) in [6.07, 6.45) is -5.10. The number of rotatable bonds is 2. The summed E-state index contributed by atoms with van der Waals surface area (Å²) in [6, 6.07) is 4.99. The third-order valence-electron chi connectivity index (χ3n) is 2.14. The molecule has 0 aliphatic carbocycles. The summed E-state index contributed by atoms with van der Waals surface area (Å²) in [5.41, 5.74) is -2.47. The molecule has 0 bridgehead atoms. The summed E-state index contributed by atoms with van der Waals surface area (Å²) in [5, 5.41) is 17.1. The molecule has 0 amide bonds. The molecule has 0 spiro atoms. The molecule has 0 saturated heterocycles. The van der Waals surface area contributed by atoms with Gasteiger partial charge >= 0.3 is 6.18 Å². The highest BCUT2D eigenvalue weighted by Crippen LogP contribution is 2.35. The third kappa shape index (κ3) is 2.43. The molecule has 0 fully saturated rings. The molecular formula is C11H5F3N2O. The lowest BCUT2D eigenvalue weighted by atomic mass is 9.94. The van der Waals surface area contributed by atoms with Crippen molar-refractivity contribution in [2.75, 3.05) is 0 Å². The fourth-order valence-electron chi connectivity index (χ4n) is 1.46. The van der Waals surface area contributed by atoms with Crippen LogP contribution < -0.4 is 0 Å². The number of halogens is 3. The predicted octanol–water partition coefficient (Wildman–Crippen LogP) is 2.46. The Bertz CT molecular complexity index is 535. The number of aldehydes is 1. The number of benzene rings is 1. The van der Waals surface area contributed by atoms with Gasteiger partial charge in [-0.25, -0.2) is 0 Å². The van der Waals surface area contributed by atoms with Crippen LogP contribution >= 0.6 is 0 Å². The SMILES string of the molecule is N#CCc1c(C=O)ccc(C#N)c1C(F)(F)F. The molecule has 86 valence electrons. The number of carbonyl (C=O) groups excluding carboxylic acids is 1. The van der Waals surface area contributed by atoms with Gasteiger partial charge in [-0.15, -0.1) is 0 Å². The molecule has 1 rings (SSSR count). The van der Waals surface area contributed by atoms with Crippen molar-refractivity contribution in [3.8, 4) is 12.1 Å². The first kappa shape index (κ1) is 12.7. The van der Waals surface area contributed by atoms with Gasteiger partial charge in [0.1, 0.15) is 6.29 Å². The normalized spacial score (nSPS) is 10.4. The van der Waals surface area contributed by atoms with Gasteiger partial charge in [-0.1, -0.05) is 6.07 Å². The predicted molar refractivity (Wildman–Crippen MR) is 50.9 cm³/mol.